The van der Waals surface area contributed by atoms with Gasteiger partial charge >= 0.3 is 5.97 Å². The minimum atomic E-state index is -1.07. The number of hydrogen-bond acceptors (Lipinski definition) is 6. The van der Waals surface area contributed by atoms with Crippen LogP contribution in [0.4, 0.5) is 0 Å². The van der Waals surface area contributed by atoms with Crippen LogP contribution in [0.1, 0.15) is 29.8 Å². The molecule has 7 nitrogen and oxygen atoms in total. The van der Waals surface area contributed by atoms with Crippen LogP contribution in [0.2, 0.25) is 0 Å². The number of hydrogen-bond donors (Lipinski definition) is 2. The van der Waals surface area contributed by atoms with Crippen LogP contribution in [-0.4, -0.2) is 23.2 Å². The van der Waals surface area contributed by atoms with Gasteiger partial charge in [-0.1, -0.05) is 30.3 Å². The van der Waals surface area contributed by atoms with Gasteiger partial charge in [0.15, 0.2) is 0 Å². The number of rotatable bonds is 10. The summed E-state index contributed by atoms with van der Waals surface area (Å²) in [6.45, 7) is 2.06. The van der Waals surface area contributed by atoms with Crippen molar-refractivity contribution in [2.45, 2.75) is 19.6 Å². The van der Waals surface area contributed by atoms with Crippen molar-refractivity contribution < 1.29 is 24.2 Å². The summed E-state index contributed by atoms with van der Waals surface area (Å²) in [7, 11) is 1.41. The SMILES string of the molecule is COC=C(C(=O)O)c1ccccc1COC=CNOC(C)c1ccccn1. The van der Waals surface area contributed by atoms with Crippen LogP contribution in [0, 0.1) is 0 Å². The second-order valence-corrected chi connectivity index (χ2v) is 5.48. The summed E-state index contributed by atoms with van der Waals surface area (Å²) in [4.78, 5) is 21.0. The van der Waals surface area contributed by atoms with E-state index in [-0.39, 0.29) is 18.3 Å². The lowest BCUT2D eigenvalue weighted by Crippen LogP contribution is -2.11. The van der Waals surface area contributed by atoms with Crippen LogP contribution in [0.25, 0.3) is 5.57 Å². The molecule has 27 heavy (non-hydrogen) atoms. The van der Waals surface area contributed by atoms with E-state index in [1.54, 1.807) is 24.4 Å². The number of nitrogens with zero attached hydrogens (tertiary/aromatic N) is 1. The topological polar surface area (TPSA) is 89.9 Å². The average molecular weight is 370 g/mol. The van der Waals surface area contributed by atoms with Gasteiger partial charge in [0.25, 0.3) is 0 Å². The zero-order valence-corrected chi connectivity index (χ0v) is 15.2. The number of methoxy groups -OCH3 is 1. The molecule has 0 bridgehead atoms. The Morgan fingerprint density at radius 1 is 1.26 bits per heavy atom. The molecular formula is C20H22N2O5. The van der Waals surface area contributed by atoms with Crippen molar-refractivity contribution in [3.63, 3.8) is 0 Å². The molecule has 0 aliphatic carbocycles. The monoisotopic (exact) mass is 370 g/mol. The number of aromatic nitrogens is 1. The summed E-state index contributed by atoms with van der Waals surface area (Å²) in [6.07, 6.45) is 5.61. The predicted molar refractivity (Wildman–Crippen MR) is 99.9 cm³/mol. The first-order valence-corrected chi connectivity index (χ1v) is 8.26. The molecule has 0 amide bonds. The highest BCUT2D eigenvalue weighted by Crippen LogP contribution is 2.20. The van der Waals surface area contributed by atoms with Crippen molar-refractivity contribution in [3.8, 4) is 0 Å². The van der Waals surface area contributed by atoms with Crippen molar-refractivity contribution >= 4 is 11.5 Å². The molecule has 1 heterocycles. The number of nitrogens with one attached hydrogen (secondary N) is 1. The van der Waals surface area contributed by atoms with Crippen LogP contribution in [0.3, 0.4) is 0 Å². The van der Waals surface area contributed by atoms with E-state index in [0.717, 1.165) is 11.3 Å². The quantitative estimate of drug-likeness (QED) is 0.376. The van der Waals surface area contributed by atoms with Gasteiger partial charge in [0, 0.05) is 6.20 Å². The van der Waals surface area contributed by atoms with Gasteiger partial charge in [-0.25, -0.2) is 4.79 Å². The number of hydroxylamine groups is 1. The third kappa shape index (κ3) is 6.16. The zero-order chi connectivity index (χ0) is 19.5. The van der Waals surface area contributed by atoms with Gasteiger partial charge in [-0.05, 0) is 30.2 Å². The molecule has 2 aromatic rings. The Balaban J connectivity index is 1.87. The van der Waals surface area contributed by atoms with E-state index in [2.05, 4.69) is 10.5 Å². The molecule has 2 N–H and O–H groups in total. The lowest BCUT2D eigenvalue weighted by Gasteiger charge is -2.11. The third-order valence-electron chi connectivity index (χ3n) is 3.59. The van der Waals surface area contributed by atoms with Crippen LogP contribution >= 0.6 is 0 Å². The fraction of sp³-hybridized carbons (Fsp3) is 0.200. The molecule has 0 spiro atoms. The Labute approximate surface area is 157 Å². The molecule has 7 heteroatoms. The molecule has 0 aliphatic heterocycles. The molecule has 0 saturated carbocycles. The van der Waals surface area contributed by atoms with Gasteiger partial charge in [-0.3, -0.25) is 15.3 Å². The second kappa shape index (κ2) is 10.6. The fourth-order valence-corrected chi connectivity index (χ4v) is 2.29. The van der Waals surface area contributed by atoms with E-state index in [1.807, 2.05) is 31.2 Å². The highest BCUT2D eigenvalue weighted by molar-refractivity contribution is 6.15. The van der Waals surface area contributed by atoms with Crippen molar-refractivity contribution in [1.29, 1.82) is 0 Å². The molecule has 0 aliphatic rings. The number of pyridine rings is 1. The van der Waals surface area contributed by atoms with E-state index >= 15 is 0 Å². The molecule has 1 aromatic heterocycles. The van der Waals surface area contributed by atoms with Crippen LogP contribution in [0.5, 0.6) is 0 Å². The highest BCUT2D eigenvalue weighted by Gasteiger charge is 2.14. The van der Waals surface area contributed by atoms with E-state index < -0.39 is 5.97 Å². The molecule has 1 unspecified atom stereocenters. The maximum atomic E-state index is 11.4. The number of carbonyl (C=O) groups is 1. The van der Waals surface area contributed by atoms with E-state index in [4.69, 9.17) is 14.3 Å². The van der Waals surface area contributed by atoms with E-state index in [1.165, 1.54) is 25.8 Å². The molecule has 1 atom stereocenters. The van der Waals surface area contributed by atoms with Crippen LogP contribution in [-0.2, 0) is 25.7 Å². The summed E-state index contributed by atoms with van der Waals surface area (Å²) in [5.41, 5.74) is 4.79. The van der Waals surface area contributed by atoms with Crippen molar-refractivity contribution in [3.05, 3.63) is 84.2 Å². The smallest absolute Gasteiger partial charge is 0.339 e. The molecule has 142 valence electrons. The van der Waals surface area contributed by atoms with Crippen molar-refractivity contribution in [1.82, 2.24) is 10.5 Å². The molecule has 0 fully saturated rings. The van der Waals surface area contributed by atoms with Gasteiger partial charge in [0.1, 0.15) is 24.5 Å². The molecule has 0 saturated heterocycles. The van der Waals surface area contributed by atoms with Crippen molar-refractivity contribution in [2.75, 3.05) is 7.11 Å². The summed E-state index contributed by atoms with van der Waals surface area (Å²) >= 11 is 0. The first-order chi connectivity index (χ1) is 13.1. The maximum Gasteiger partial charge on any atom is 0.339 e. The van der Waals surface area contributed by atoms with Gasteiger partial charge in [-0.15, -0.1) is 0 Å². The minimum absolute atomic E-state index is 0.0614. The standard InChI is InChI=1S/C20H22N2O5/c1-15(19-9-5-6-10-21-19)27-22-11-12-26-13-16-7-3-4-8-17(16)18(14-25-2)20(23)24/h3-12,14-15,22H,13H2,1-2H3,(H,23,24). The lowest BCUT2D eigenvalue weighted by molar-refractivity contribution is -0.130. The van der Waals surface area contributed by atoms with E-state index in [0.29, 0.717) is 5.56 Å². The Bertz CT molecular complexity index is 790. The Morgan fingerprint density at radius 3 is 2.74 bits per heavy atom. The zero-order valence-electron chi connectivity index (χ0n) is 15.2. The van der Waals surface area contributed by atoms with Gasteiger partial charge in [0.2, 0.25) is 0 Å². The first kappa shape index (κ1) is 20.0. The summed E-state index contributed by atoms with van der Waals surface area (Å²) in [5, 5.41) is 9.34. The molecule has 1 aromatic carbocycles. The Kier molecular flexibility index (Phi) is 7.87. The van der Waals surface area contributed by atoms with Gasteiger partial charge < -0.3 is 14.6 Å². The largest absolute Gasteiger partial charge is 0.503 e. The predicted octanol–water partition coefficient (Wildman–Crippen LogP) is 3.42. The number of aliphatic carboxylic acids is 1. The summed E-state index contributed by atoms with van der Waals surface area (Å²) in [6, 6.07) is 12.7. The second-order valence-electron chi connectivity index (χ2n) is 5.48. The third-order valence-corrected chi connectivity index (χ3v) is 3.59. The normalized spacial score (nSPS) is 12.6. The number of carboxylic acids is 1. The van der Waals surface area contributed by atoms with Gasteiger partial charge in [0.05, 0.1) is 25.3 Å². The highest BCUT2D eigenvalue weighted by atomic mass is 16.7. The minimum Gasteiger partial charge on any atom is -0.503 e. The molecule has 0 radical (unpaired) electrons. The maximum absolute atomic E-state index is 11.4. The number of benzene rings is 1. The molecular weight excluding hydrogens is 348 g/mol. The Morgan fingerprint density at radius 2 is 2.04 bits per heavy atom. The van der Waals surface area contributed by atoms with E-state index in [9.17, 15) is 9.90 Å². The van der Waals surface area contributed by atoms with Crippen molar-refractivity contribution in [2.24, 2.45) is 0 Å². The number of carboxylic acid groups (broad SMARTS) is 1. The van der Waals surface area contributed by atoms with Crippen LogP contribution < -0.4 is 5.48 Å². The molecule has 2 rings (SSSR count). The lowest BCUT2D eigenvalue weighted by atomic mass is 10.0. The fourth-order valence-electron chi connectivity index (χ4n) is 2.29. The van der Waals surface area contributed by atoms with Crippen LogP contribution in [0.15, 0.2) is 67.4 Å². The van der Waals surface area contributed by atoms with Gasteiger partial charge in [-0.2, -0.15) is 0 Å². The summed E-state index contributed by atoms with van der Waals surface area (Å²) < 4.78 is 10.3. The Hall–Kier alpha value is -3.32. The first-order valence-electron chi connectivity index (χ1n) is 8.26. The number of ether oxygens (including phenoxy) is 2. The summed E-state index contributed by atoms with van der Waals surface area (Å²) in [5.74, 6) is -1.07. The average Bonchev–Trinajstić information content (AvgIpc) is 2.69.